The fraction of sp³-hybridized carbons (Fsp3) is 0.240. The molecule has 0 aliphatic carbocycles. The summed E-state index contributed by atoms with van der Waals surface area (Å²) < 4.78 is 10.6. The van der Waals surface area contributed by atoms with Crippen LogP contribution in [0.5, 0.6) is 11.5 Å². The van der Waals surface area contributed by atoms with Gasteiger partial charge in [0.2, 0.25) is 0 Å². The Hall–Kier alpha value is -3.31. The third-order valence-electron chi connectivity index (χ3n) is 5.11. The van der Waals surface area contributed by atoms with E-state index in [1.54, 1.807) is 32.4 Å². The molecular weight excluding hydrogens is 376 g/mol. The van der Waals surface area contributed by atoms with Crippen LogP contribution in [0.25, 0.3) is 0 Å². The molecule has 0 saturated heterocycles. The van der Waals surface area contributed by atoms with E-state index in [-0.39, 0.29) is 18.0 Å². The zero-order valence-electron chi connectivity index (χ0n) is 17.9. The van der Waals surface area contributed by atoms with Gasteiger partial charge in [-0.2, -0.15) is 0 Å². The van der Waals surface area contributed by atoms with E-state index in [1.165, 1.54) is 5.56 Å². The van der Waals surface area contributed by atoms with Crippen molar-refractivity contribution in [2.75, 3.05) is 19.5 Å². The standard InChI is InChI=1S/C25H28N2O3/c1-17-10-12-20(13-11-17)24(19-8-6-5-7-9-19)26-18(2)25(28)27-21-14-22(29-3)16-23(15-21)30-4/h5-16,18,24,26H,1-4H3,(H,27,28)/p+1/t18-,24+/m1/s1. The van der Waals surface area contributed by atoms with Gasteiger partial charge in [-0.3, -0.25) is 4.79 Å². The lowest BCUT2D eigenvalue weighted by atomic mass is 9.97. The van der Waals surface area contributed by atoms with Gasteiger partial charge in [0.15, 0.2) is 6.04 Å². The van der Waals surface area contributed by atoms with Crippen LogP contribution in [0, 0.1) is 6.92 Å². The predicted octanol–water partition coefficient (Wildman–Crippen LogP) is 3.69. The number of methoxy groups -OCH3 is 2. The number of amides is 1. The summed E-state index contributed by atoms with van der Waals surface area (Å²) in [6.07, 6.45) is 0. The SMILES string of the molecule is COc1cc(NC(=O)[C@@H](C)[NH2+][C@@H](c2ccccc2)c2ccc(C)cc2)cc(OC)c1. The van der Waals surface area contributed by atoms with Crippen LogP contribution in [0.2, 0.25) is 0 Å². The molecule has 0 bridgehead atoms. The smallest absolute Gasteiger partial charge is 0.282 e. The quantitative estimate of drug-likeness (QED) is 0.601. The van der Waals surface area contributed by atoms with E-state index < -0.39 is 0 Å². The van der Waals surface area contributed by atoms with E-state index >= 15 is 0 Å². The molecule has 30 heavy (non-hydrogen) atoms. The molecule has 0 heterocycles. The van der Waals surface area contributed by atoms with Crippen molar-refractivity contribution in [1.82, 2.24) is 0 Å². The highest BCUT2D eigenvalue weighted by Gasteiger charge is 2.25. The van der Waals surface area contributed by atoms with Gasteiger partial charge in [-0.15, -0.1) is 0 Å². The average Bonchev–Trinajstić information content (AvgIpc) is 2.78. The number of anilines is 1. The molecule has 0 fully saturated rings. The molecule has 156 valence electrons. The largest absolute Gasteiger partial charge is 0.497 e. The zero-order chi connectivity index (χ0) is 21.5. The van der Waals surface area contributed by atoms with Gasteiger partial charge in [-0.25, -0.2) is 0 Å². The molecule has 0 spiro atoms. The number of carbonyl (C=O) groups excluding carboxylic acids is 1. The summed E-state index contributed by atoms with van der Waals surface area (Å²) in [5.74, 6) is 1.17. The number of ether oxygens (including phenoxy) is 2. The fourth-order valence-electron chi connectivity index (χ4n) is 3.36. The van der Waals surface area contributed by atoms with Crippen LogP contribution < -0.4 is 20.1 Å². The first-order valence-corrected chi connectivity index (χ1v) is 10.0. The molecule has 0 aliphatic heterocycles. The van der Waals surface area contributed by atoms with Crippen LogP contribution in [-0.4, -0.2) is 26.2 Å². The fourth-order valence-corrected chi connectivity index (χ4v) is 3.36. The van der Waals surface area contributed by atoms with Crippen LogP contribution >= 0.6 is 0 Å². The predicted molar refractivity (Wildman–Crippen MR) is 119 cm³/mol. The molecule has 0 radical (unpaired) electrons. The number of nitrogens with one attached hydrogen (secondary N) is 1. The van der Waals surface area contributed by atoms with E-state index in [1.807, 2.05) is 25.1 Å². The van der Waals surface area contributed by atoms with Crippen molar-refractivity contribution in [2.24, 2.45) is 0 Å². The number of carbonyl (C=O) groups is 1. The van der Waals surface area contributed by atoms with E-state index in [0.29, 0.717) is 17.2 Å². The van der Waals surface area contributed by atoms with Gasteiger partial charge in [0.1, 0.15) is 17.5 Å². The van der Waals surface area contributed by atoms with Crippen LogP contribution in [-0.2, 0) is 4.79 Å². The first kappa shape index (κ1) is 21.4. The molecule has 3 aromatic carbocycles. The van der Waals surface area contributed by atoms with Crippen molar-refractivity contribution >= 4 is 11.6 Å². The highest BCUT2D eigenvalue weighted by Crippen LogP contribution is 2.26. The molecule has 3 N–H and O–H groups in total. The summed E-state index contributed by atoms with van der Waals surface area (Å²) in [4.78, 5) is 12.9. The summed E-state index contributed by atoms with van der Waals surface area (Å²) in [7, 11) is 3.17. The Morgan fingerprint density at radius 2 is 1.43 bits per heavy atom. The lowest BCUT2D eigenvalue weighted by Gasteiger charge is -2.21. The monoisotopic (exact) mass is 405 g/mol. The maximum atomic E-state index is 12.9. The second kappa shape index (κ2) is 9.94. The van der Waals surface area contributed by atoms with Crippen molar-refractivity contribution in [3.63, 3.8) is 0 Å². The highest BCUT2D eigenvalue weighted by atomic mass is 16.5. The van der Waals surface area contributed by atoms with Crippen molar-refractivity contribution in [1.29, 1.82) is 0 Å². The molecule has 0 aromatic heterocycles. The van der Waals surface area contributed by atoms with Gasteiger partial charge in [0.05, 0.1) is 14.2 Å². The van der Waals surface area contributed by atoms with Gasteiger partial charge in [0, 0.05) is 35.0 Å². The van der Waals surface area contributed by atoms with Gasteiger partial charge >= 0.3 is 0 Å². The van der Waals surface area contributed by atoms with Crippen molar-refractivity contribution in [2.45, 2.75) is 25.9 Å². The second-order valence-corrected chi connectivity index (χ2v) is 7.37. The minimum Gasteiger partial charge on any atom is -0.497 e. The highest BCUT2D eigenvalue weighted by molar-refractivity contribution is 5.94. The zero-order valence-corrected chi connectivity index (χ0v) is 17.9. The summed E-state index contributed by atoms with van der Waals surface area (Å²) in [6, 6.07) is 23.7. The number of aryl methyl sites for hydroxylation is 1. The number of nitrogens with two attached hydrogens (primary N) is 1. The Kier molecular flexibility index (Phi) is 7.09. The normalized spacial score (nSPS) is 12.7. The summed E-state index contributed by atoms with van der Waals surface area (Å²) >= 11 is 0. The van der Waals surface area contributed by atoms with E-state index in [4.69, 9.17) is 9.47 Å². The van der Waals surface area contributed by atoms with E-state index in [9.17, 15) is 4.79 Å². The first-order chi connectivity index (χ1) is 14.5. The number of hydrogen-bond donors (Lipinski definition) is 2. The topological polar surface area (TPSA) is 64.2 Å². The molecule has 3 rings (SSSR count). The molecule has 0 saturated carbocycles. The Morgan fingerprint density at radius 3 is 2.00 bits per heavy atom. The van der Waals surface area contributed by atoms with Crippen molar-refractivity contribution in [3.8, 4) is 11.5 Å². The minimum atomic E-state index is -0.311. The molecule has 0 unspecified atom stereocenters. The first-order valence-electron chi connectivity index (χ1n) is 10.0. The summed E-state index contributed by atoms with van der Waals surface area (Å²) in [5.41, 5.74) is 4.17. The Labute approximate surface area is 178 Å². The second-order valence-electron chi connectivity index (χ2n) is 7.37. The van der Waals surface area contributed by atoms with Crippen molar-refractivity contribution < 1.29 is 19.6 Å². The third kappa shape index (κ3) is 5.39. The maximum absolute atomic E-state index is 12.9. The molecule has 1 amide bonds. The molecule has 5 heteroatoms. The Bertz CT molecular complexity index is 949. The Morgan fingerprint density at radius 1 is 0.867 bits per heavy atom. The van der Waals surface area contributed by atoms with Gasteiger partial charge in [0.25, 0.3) is 5.91 Å². The van der Waals surface area contributed by atoms with Crippen molar-refractivity contribution in [3.05, 3.63) is 89.5 Å². The van der Waals surface area contributed by atoms with Crippen LogP contribution in [0.1, 0.15) is 29.7 Å². The maximum Gasteiger partial charge on any atom is 0.282 e. The summed E-state index contributed by atoms with van der Waals surface area (Å²) in [5, 5.41) is 5.07. The van der Waals surface area contributed by atoms with Gasteiger partial charge in [-0.05, 0) is 13.8 Å². The Balaban J connectivity index is 1.79. The lowest BCUT2D eigenvalue weighted by Crippen LogP contribution is -2.92. The minimum absolute atomic E-state index is 0.0207. The number of quaternary nitrogens is 1. The molecule has 2 atom stereocenters. The molecule has 0 aliphatic rings. The number of hydrogen-bond acceptors (Lipinski definition) is 3. The molecular formula is C25H29N2O3+. The number of benzene rings is 3. The van der Waals surface area contributed by atoms with E-state index in [0.717, 1.165) is 11.1 Å². The van der Waals surface area contributed by atoms with Gasteiger partial charge < -0.3 is 20.1 Å². The molecule has 5 nitrogen and oxygen atoms in total. The summed E-state index contributed by atoms with van der Waals surface area (Å²) in [6.45, 7) is 3.99. The van der Waals surface area contributed by atoms with Gasteiger partial charge in [-0.1, -0.05) is 60.2 Å². The molecule has 3 aromatic rings. The van der Waals surface area contributed by atoms with E-state index in [2.05, 4.69) is 54.0 Å². The number of rotatable bonds is 8. The third-order valence-corrected chi connectivity index (χ3v) is 5.11. The van der Waals surface area contributed by atoms with Crippen LogP contribution in [0.15, 0.2) is 72.8 Å². The average molecular weight is 406 g/mol. The van der Waals surface area contributed by atoms with Crippen LogP contribution in [0.4, 0.5) is 5.69 Å². The van der Waals surface area contributed by atoms with Crippen LogP contribution in [0.3, 0.4) is 0 Å². The lowest BCUT2D eigenvalue weighted by molar-refractivity contribution is -0.704.